The molecule has 1 aromatic rings. The number of aryl methyl sites for hydroxylation is 1. The van der Waals surface area contributed by atoms with E-state index in [1.54, 1.807) is 6.92 Å². The number of nitriles is 1. The molecule has 0 aliphatic heterocycles. The molecule has 0 aromatic carbocycles. The van der Waals surface area contributed by atoms with E-state index < -0.39 is 11.9 Å². The van der Waals surface area contributed by atoms with Crippen LogP contribution in [0.25, 0.3) is 0 Å². The Bertz CT molecular complexity index is 523. The van der Waals surface area contributed by atoms with E-state index in [2.05, 4.69) is 21.6 Å². The zero-order chi connectivity index (χ0) is 15.1. The number of carbonyl (C=O) groups is 1. The minimum absolute atomic E-state index is 0.429. The number of carboxylic acid groups (broad SMARTS) is 1. The van der Waals surface area contributed by atoms with Gasteiger partial charge in [-0.3, -0.25) is 4.79 Å². The third-order valence-electron chi connectivity index (χ3n) is 3.25. The van der Waals surface area contributed by atoms with E-state index in [0.717, 1.165) is 24.1 Å². The van der Waals surface area contributed by atoms with Crippen molar-refractivity contribution < 1.29 is 9.90 Å². The summed E-state index contributed by atoms with van der Waals surface area (Å²) in [7, 11) is 0. The molecular weight excluding hydrogens is 256 g/mol. The van der Waals surface area contributed by atoms with Crippen LogP contribution in [0.1, 0.15) is 44.0 Å². The van der Waals surface area contributed by atoms with Crippen LogP contribution in [-0.4, -0.2) is 27.8 Å². The summed E-state index contributed by atoms with van der Waals surface area (Å²) in [5.74, 6) is -0.810. The van der Waals surface area contributed by atoms with E-state index in [4.69, 9.17) is 5.11 Å². The fraction of sp³-hybridized carbons (Fsp3) is 0.571. The zero-order valence-electron chi connectivity index (χ0n) is 12.1. The highest BCUT2D eigenvalue weighted by molar-refractivity contribution is 5.69. The van der Waals surface area contributed by atoms with Crippen molar-refractivity contribution in [3.63, 3.8) is 0 Å². The number of carboxylic acids is 1. The van der Waals surface area contributed by atoms with Crippen molar-refractivity contribution in [3.8, 4) is 6.07 Å². The lowest BCUT2D eigenvalue weighted by Crippen LogP contribution is -2.16. The molecule has 0 amide bonds. The molecule has 20 heavy (non-hydrogen) atoms. The Labute approximate surface area is 118 Å². The molecule has 0 saturated heterocycles. The first-order valence-electron chi connectivity index (χ1n) is 6.80. The summed E-state index contributed by atoms with van der Waals surface area (Å²) < 4.78 is 0. The number of rotatable bonds is 7. The molecule has 0 spiro atoms. The van der Waals surface area contributed by atoms with Crippen LogP contribution in [0.2, 0.25) is 0 Å². The first kappa shape index (κ1) is 15.9. The normalized spacial score (nSPS) is 11.7. The van der Waals surface area contributed by atoms with Crippen LogP contribution in [-0.2, 0) is 17.6 Å². The molecule has 0 fully saturated rings. The third-order valence-corrected chi connectivity index (χ3v) is 3.25. The molecule has 2 N–H and O–H groups in total. The summed E-state index contributed by atoms with van der Waals surface area (Å²) in [5, 5.41) is 29.3. The Hall–Kier alpha value is -2.16. The fourth-order valence-electron chi connectivity index (χ4n) is 1.95. The van der Waals surface area contributed by atoms with Crippen molar-refractivity contribution in [2.75, 3.05) is 11.9 Å². The van der Waals surface area contributed by atoms with Crippen molar-refractivity contribution in [2.24, 2.45) is 5.92 Å². The maximum Gasteiger partial charge on any atom is 0.306 e. The predicted octanol–water partition coefficient (Wildman–Crippen LogP) is 2.00. The molecule has 1 aromatic heterocycles. The van der Waals surface area contributed by atoms with Gasteiger partial charge in [0.2, 0.25) is 0 Å². The third kappa shape index (κ3) is 3.67. The first-order chi connectivity index (χ1) is 9.54. The van der Waals surface area contributed by atoms with E-state index >= 15 is 0 Å². The molecule has 0 radical (unpaired) electrons. The molecule has 0 bridgehead atoms. The van der Waals surface area contributed by atoms with Gasteiger partial charge < -0.3 is 10.4 Å². The lowest BCUT2D eigenvalue weighted by atomic mass is 10.0. The van der Waals surface area contributed by atoms with Crippen molar-refractivity contribution in [3.05, 3.63) is 16.8 Å². The van der Waals surface area contributed by atoms with Gasteiger partial charge in [0.1, 0.15) is 11.6 Å². The molecule has 108 valence electrons. The number of hydrogen-bond acceptors (Lipinski definition) is 5. The van der Waals surface area contributed by atoms with Crippen LogP contribution in [0, 0.1) is 17.2 Å². The molecule has 1 atom stereocenters. The zero-order valence-corrected chi connectivity index (χ0v) is 12.1. The Balaban J connectivity index is 2.86. The smallest absolute Gasteiger partial charge is 0.306 e. The molecule has 1 unspecified atom stereocenters. The fourth-order valence-corrected chi connectivity index (χ4v) is 1.95. The van der Waals surface area contributed by atoms with E-state index in [-0.39, 0.29) is 0 Å². The Morgan fingerprint density at radius 3 is 2.60 bits per heavy atom. The number of hydrogen-bond donors (Lipinski definition) is 2. The Kier molecular flexibility index (Phi) is 5.91. The van der Waals surface area contributed by atoms with Gasteiger partial charge in [-0.05, 0) is 24.8 Å². The SMILES string of the molecule is CCc1nnc(NCCC(C)C(=O)O)c(C#N)c1CC. The summed E-state index contributed by atoms with van der Waals surface area (Å²) in [6, 6.07) is 2.17. The van der Waals surface area contributed by atoms with Gasteiger partial charge in [-0.15, -0.1) is 5.10 Å². The van der Waals surface area contributed by atoms with Gasteiger partial charge in [-0.25, -0.2) is 0 Å². The van der Waals surface area contributed by atoms with Gasteiger partial charge in [0.25, 0.3) is 0 Å². The van der Waals surface area contributed by atoms with Gasteiger partial charge in [-0.2, -0.15) is 10.4 Å². The van der Waals surface area contributed by atoms with E-state index in [1.807, 2.05) is 13.8 Å². The standard InChI is InChI=1S/C14H20N4O2/c1-4-10-11(8-15)13(18-17-12(10)5-2)16-7-6-9(3)14(19)20/h9H,4-7H2,1-3H3,(H,16,18)(H,19,20). The monoisotopic (exact) mass is 276 g/mol. The van der Waals surface area contributed by atoms with Crippen LogP contribution in [0.3, 0.4) is 0 Å². The van der Waals surface area contributed by atoms with Gasteiger partial charge in [0.15, 0.2) is 5.82 Å². The van der Waals surface area contributed by atoms with Crippen LogP contribution in [0.4, 0.5) is 5.82 Å². The molecule has 1 heterocycles. The van der Waals surface area contributed by atoms with Crippen LogP contribution >= 0.6 is 0 Å². The van der Waals surface area contributed by atoms with Gasteiger partial charge >= 0.3 is 5.97 Å². The second kappa shape index (κ2) is 7.43. The highest BCUT2D eigenvalue weighted by atomic mass is 16.4. The minimum atomic E-state index is -0.825. The lowest BCUT2D eigenvalue weighted by Gasteiger charge is -2.12. The molecule has 0 saturated carbocycles. The number of nitrogens with one attached hydrogen (secondary N) is 1. The van der Waals surface area contributed by atoms with Crippen LogP contribution in [0.15, 0.2) is 0 Å². The van der Waals surface area contributed by atoms with E-state index in [9.17, 15) is 10.1 Å². The average Bonchev–Trinajstić information content (AvgIpc) is 2.45. The number of aliphatic carboxylic acids is 1. The van der Waals surface area contributed by atoms with Crippen LogP contribution < -0.4 is 5.32 Å². The van der Waals surface area contributed by atoms with E-state index in [1.165, 1.54) is 0 Å². The molecule has 1 rings (SSSR count). The quantitative estimate of drug-likeness (QED) is 0.790. The maximum atomic E-state index is 10.7. The van der Waals surface area contributed by atoms with Crippen molar-refractivity contribution in [2.45, 2.75) is 40.0 Å². The molecule has 0 aliphatic carbocycles. The summed E-state index contributed by atoms with van der Waals surface area (Å²) in [6.45, 7) is 6.06. The molecule has 0 aliphatic rings. The second-order valence-electron chi connectivity index (χ2n) is 4.62. The summed E-state index contributed by atoms with van der Waals surface area (Å²) in [6.07, 6.45) is 1.93. The van der Waals surface area contributed by atoms with Crippen LogP contribution in [0.5, 0.6) is 0 Å². The maximum absolute atomic E-state index is 10.7. The van der Waals surface area contributed by atoms with Crippen molar-refractivity contribution >= 4 is 11.8 Å². The first-order valence-corrected chi connectivity index (χ1v) is 6.80. The van der Waals surface area contributed by atoms with E-state index in [0.29, 0.717) is 24.3 Å². The largest absolute Gasteiger partial charge is 0.481 e. The Morgan fingerprint density at radius 2 is 2.10 bits per heavy atom. The average molecular weight is 276 g/mol. The topological polar surface area (TPSA) is 98.9 Å². The number of nitrogens with zero attached hydrogens (tertiary/aromatic N) is 3. The van der Waals surface area contributed by atoms with Crippen molar-refractivity contribution in [1.82, 2.24) is 10.2 Å². The second-order valence-corrected chi connectivity index (χ2v) is 4.62. The summed E-state index contributed by atoms with van der Waals surface area (Å²) in [4.78, 5) is 10.7. The predicted molar refractivity (Wildman–Crippen MR) is 75.4 cm³/mol. The highest BCUT2D eigenvalue weighted by Crippen LogP contribution is 2.20. The summed E-state index contributed by atoms with van der Waals surface area (Å²) >= 11 is 0. The minimum Gasteiger partial charge on any atom is -0.481 e. The summed E-state index contributed by atoms with van der Waals surface area (Å²) in [5.41, 5.74) is 2.27. The molecule has 6 heteroatoms. The molecule has 6 nitrogen and oxygen atoms in total. The van der Waals surface area contributed by atoms with Gasteiger partial charge in [0, 0.05) is 6.54 Å². The number of anilines is 1. The van der Waals surface area contributed by atoms with Gasteiger partial charge in [0.05, 0.1) is 11.6 Å². The highest BCUT2D eigenvalue weighted by Gasteiger charge is 2.15. The van der Waals surface area contributed by atoms with Gasteiger partial charge in [-0.1, -0.05) is 20.8 Å². The Morgan fingerprint density at radius 1 is 1.40 bits per heavy atom. The lowest BCUT2D eigenvalue weighted by molar-refractivity contribution is -0.141. The molecular formula is C14H20N4O2. The number of aromatic nitrogens is 2. The van der Waals surface area contributed by atoms with Crippen molar-refractivity contribution in [1.29, 1.82) is 5.26 Å².